The molecule has 0 bridgehead atoms. The zero-order chi connectivity index (χ0) is 17.3. The topological polar surface area (TPSA) is 68.2 Å². The Morgan fingerprint density at radius 1 is 1.42 bits per heavy atom. The Balaban J connectivity index is 2.19. The Labute approximate surface area is 144 Å². The number of methoxy groups -OCH3 is 1. The fourth-order valence-corrected chi connectivity index (χ4v) is 3.84. The first-order chi connectivity index (χ1) is 11.6. The van der Waals surface area contributed by atoms with E-state index in [2.05, 4.69) is 4.99 Å². The molecular weight excluding hydrogens is 328 g/mol. The highest BCUT2D eigenvalue weighted by atomic mass is 32.2. The summed E-state index contributed by atoms with van der Waals surface area (Å²) < 4.78 is 10.7. The molecule has 0 N–H and O–H groups in total. The molecule has 0 radical (unpaired) electrons. The zero-order valence-corrected chi connectivity index (χ0v) is 14.6. The van der Waals surface area contributed by atoms with E-state index in [4.69, 9.17) is 9.47 Å². The van der Waals surface area contributed by atoms with E-state index in [1.165, 1.54) is 18.9 Å². The van der Waals surface area contributed by atoms with Gasteiger partial charge in [0.05, 0.1) is 30.7 Å². The van der Waals surface area contributed by atoms with E-state index in [0.29, 0.717) is 34.5 Å². The van der Waals surface area contributed by atoms with Crippen molar-refractivity contribution < 1.29 is 19.1 Å². The Morgan fingerprint density at radius 3 is 2.88 bits per heavy atom. The van der Waals surface area contributed by atoms with Crippen LogP contribution in [0.2, 0.25) is 0 Å². The van der Waals surface area contributed by atoms with E-state index in [1.54, 1.807) is 11.8 Å². The second kappa shape index (κ2) is 6.68. The number of fused-ring (bicyclic) bond motifs is 1. The molecule has 3 rings (SSSR count). The number of amidine groups is 1. The summed E-state index contributed by atoms with van der Waals surface area (Å²) in [6, 6.07) is 6.84. The van der Waals surface area contributed by atoms with Crippen LogP contribution in [0.1, 0.15) is 25.5 Å². The maximum absolute atomic E-state index is 12.4. The van der Waals surface area contributed by atoms with Gasteiger partial charge in [-0.05, 0) is 19.9 Å². The number of ether oxygens (including phenoxy) is 2. The largest absolute Gasteiger partial charge is 0.494 e. The number of carbonyl (C=O) groups excluding carboxylic acids is 2. The van der Waals surface area contributed by atoms with Crippen LogP contribution in [0.15, 0.2) is 40.5 Å². The fraction of sp³-hybridized carbons (Fsp3) is 0.353. The highest BCUT2D eigenvalue weighted by Gasteiger charge is 2.44. The molecular formula is C17H18N2O4S. The third kappa shape index (κ3) is 2.69. The van der Waals surface area contributed by atoms with Crippen LogP contribution >= 0.6 is 11.8 Å². The van der Waals surface area contributed by atoms with Crippen LogP contribution in [0.4, 0.5) is 0 Å². The molecule has 1 aromatic rings. The van der Waals surface area contributed by atoms with Crippen molar-refractivity contribution in [1.29, 1.82) is 0 Å². The SMILES string of the molecule is CCOc1ccccc1[C@@H]1C(C(=O)OC)=C(C)N=C2SCC(=O)N21. The highest BCUT2D eigenvalue weighted by molar-refractivity contribution is 8.15. The first kappa shape index (κ1) is 16.6. The number of amides is 1. The summed E-state index contributed by atoms with van der Waals surface area (Å²) in [7, 11) is 1.33. The number of allylic oxidation sites excluding steroid dienone is 1. The smallest absolute Gasteiger partial charge is 0.338 e. The molecule has 2 aliphatic rings. The first-order valence-electron chi connectivity index (χ1n) is 7.62. The molecule has 1 aromatic carbocycles. The monoisotopic (exact) mass is 346 g/mol. The van der Waals surface area contributed by atoms with E-state index in [9.17, 15) is 9.59 Å². The third-order valence-electron chi connectivity index (χ3n) is 3.90. The van der Waals surface area contributed by atoms with Crippen molar-refractivity contribution in [3.05, 3.63) is 41.1 Å². The molecule has 24 heavy (non-hydrogen) atoms. The van der Waals surface area contributed by atoms with Crippen LogP contribution in [-0.2, 0) is 14.3 Å². The van der Waals surface area contributed by atoms with Crippen molar-refractivity contribution >= 4 is 28.8 Å². The second-order valence-corrected chi connectivity index (χ2v) is 6.25. The molecule has 0 spiro atoms. The van der Waals surface area contributed by atoms with Gasteiger partial charge in [-0.25, -0.2) is 9.79 Å². The number of rotatable bonds is 4. The van der Waals surface area contributed by atoms with Gasteiger partial charge in [-0.15, -0.1) is 0 Å². The summed E-state index contributed by atoms with van der Waals surface area (Å²) >= 11 is 1.38. The number of hydrogen-bond donors (Lipinski definition) is 0. The number of esters is 1. The molecule has 0 saturated carbocycles. The maximum Gasteiger partial charge on any atom is 0.338 e. The van der Waals surface area contributed by atoms with Gasteiger partial charge in [-0.1, -0.05) is 30.0 Å². The number of aliphatic imine (C=N–C) groups is 1. The molecule has 0 aliphatic carbocycles. The van der Waals surface area contributed by atoms with Gasteiger partial charge in [0.15, 0.2) is 5.17 Å². The lowest BCUT2D eigenvalue weighted by atomic mass is 9.93. The quantitative estimate of drug-likeness (QED) is 0.784. The van der Waals surface area contributed by atoms with Crippen LogP contribution in [0.5, 0.6) is 5.75 Å². The Kier molecular flexibility index (Phi) is 4.62. The van der Waals surface area contributed by atoms with Crippen LogP contribution < -0.4 is 4.74 Å². The lowest BCUT2D eigenvalue weighted by Crippen LogP contribution is -2.39. The Morgan fingerprint density at radius 2 is 2.17 bits per heavy atom. The number of nitrogens with zero attached hydrogens (tertiary/aromatic N) is 2. The second-order valence-electron chi connectivity index (χ2n) is 5.31. The summed E-state index contributed by atoms with van der Waals surface area (Å²) in [6.07, 6.45) is 0. The third-order valence-corrected chi connectivity index (χ3v) is 4.84. The molecule has 6 nitrogen and oxygen atoms in total. The van der Waals surface area contributed by atoms with Crippen LogP contribution in [0.25, 0.3) is 0 Å². The van der Waals surface area contributed by atoms with Gasteiger partial charge < -0.3 is 9.47 Å². The summed E-state index contributed by atoms with van der Waals surface area (Å²) in [6.45, 7) is 4.14. The molecule has 0 unspecified atom stereocenters. The van der Waals surface area contributed by atoms with Gasteiger partial charge in [0.2, 0.25) is 5.91 Å². The van der Waals surface area contributed by atoms with Crippen LogP contribution in [-0.4, -0.2) is 41.4 Å². The van der Waals surface area contributed by atoms with Gasteiger partial charge in [-0.3, -0.25) is 9.69 Å². The minimum atomic E-state index is -0.588. The molecule has 2 aliphatic heterocycles. The number of benzene rings is 1. The summed E-state index contributed by atoms with van der Waals surface area (Å²) in [5.74, 6) is 0.388. The van der Waals surface area contributed by atoms with E-state index in [0.717, 1.165) is 5.56 Å². The first-order valence-corrected chi connectivity index (χ1v) is 8.61. The predicted molar refractivity (Wildman–Crippen MR) is 91.8 cm³/mol. The van der Waals surface area contributed by atoms with Crippen molar-refractivity contribution in [2.24, 2.45) is 4.99 Å². The minimum Gasteiger partial charge on any atom is -0.494 e. The fourth-order valence-electron chi connectivity index (χ4n) is 2.90. The molecule has 1 fully saturated rings. The Hall–Kier alpha value is -2.28. The predicted octanol–water partition coefficient (Wildman–Crippen LogP) is 2.52. The van der Waals surface area contributed by atoms with E-state index in [1.807, 2.05) is 31.2 Å². The normalized spacial score (nSPS) is 20.0. The average Bonchev–Trinajstić information content (AvgIpc) is 2.94. The van der Waals surface area contributed by atoms with E-state index in [-0.39, 0.29) is 5.91 Å². The lowest BCUT2D eigenvalue weighted by molar-refractivity contribution is -0.137. The van der Waals surface area contributed by atoms with E-state index >= 15 is 0 Å². The summed E-state index contributed by atoms with van der Waals surface area (Å²) in [5, 5.41) is 0.612. The van der Waals surface area contributed by atoms with Crippen LogP contribution in [0.3, 0.4) is 0 Å². The zero-order valence-electron chi connectivity index (χ0n) is 13.7. The van der Waals surface area contributed by atoms with Crippen molar-refractivity contribution in [1.82, 2.24) is 4.90 Å². The maximum atomic E-state index is 12.4. The van der Waals surface area contributed by atoms with Gasteiger partial charge in [-0.2, -0.15) is 0 Å². The van der Waals surface area contributed by atoms with E-state index < -0.39 is 12.0 Å². The van der Waals surface area contributed by atoms with Crippen molar-refractivity contribution in [2.45, 2.75) is 19.9 Å². The summed E-state index contributed by atoms with van der Waals surface area (Å²) in [4.78, 5) is 30.8. The summed E-state index contributed by atoms with van der Waals surface area (Å²) in [5.41, 5.74) is 1.68. The van der Waals surface area contributed by atoms with Crippen molar-refractivity contribution in [3.63, 3.8) is 0 Å². The standard InChI is InChI=1S/C17H18N2O4S/c1-4-23-12-8-6-5-7-11(12)15-14(16(21)22-3)10(2)18-17-19(15)13(20)9-24-17/h5-8,15H,4,9H2,1-3H3/t15-/m1/s1. The Bertz CT molecular complexity index is 757. The van der Waals surface area contributed by atoms with Gasteiger partial charge in [0, 0.05) is 5.56 Å². The minimum absolute atomic E-state index is 0.0797. The van der Waals surface area contributed by atoms with Gasteiger partial charge in [0.25, 0.3) is 0 Å². The van der Waals surface area contributed by atoms with Crippen molar-refractivity contribution in [2.75, 3.05) is 19.5 Å². The molecule has 0 aromatic heterocycles. The van der Waals surface area contributed by atoms with Gasteiger partial charge >= 0.3 is 5.97 Å². The molecule has 1 saturated heterocycles. The lowest BCUT2D eigenvalue weighted by Gasteiger charge is -2.33. The number of para-hydroxylation sites is 1. The average molecular weight is 346 g/mol. The van der Waals surface area contributed by atoms with Crippen molar-refractivity contribution in [3.8, 4) is 5.75 Å². The highest BCUT2D eigenvalue weighted by Crippen LogP contribution is 2.43. The number of carbonyl (C=O) groups is 2. The van der Waals surface area contributed by atoms with Crippen LogP contribution in [0, 0.1) is 0 Å². The number of hydrogen-bond acceptors (Lipinski definition) is 6. The molecule has 1 amide bonds. The molecule has 7 heteroatoms. The molecule has 2 heterocycles. The molecule has 126 valence electrons. The van der Waals surface area contributed by atoms with Gasteiger partial charge in [0.1, 0.15) is 11.8 Å². The molecule has 1 atom stereocenters. The number of thioether (sulfide) groups is 1.